The number of ketones is 1. The zero-order chi connectivity index (χ0) is 18.1. The highest BCUT2D eigenvalue weighted by atomic mass is 19.4. The van der Waals surface area contributed by atoms with Gasteiger partial charge in [0.2, 0.25) is 5.78 Å². The van der Waals surface area contributed by atoms with Crippen LogP contribution in [0, 0.1) is 0 Å². The van der Waals surface area contributed by atoms with E-state index in [1.165, 1.54) is 24.3 Å². The number of fused-ring (bicyclic) bond motifs is 1. The molecule has 2 aromatic carbocycles. The van der Waals surface area contributed by atoms with Crippen molar-refractivity contribution in [2.24, 2.45) is 0 Å². The average Bonchev–Trinajstić information content (AvgIpc) is 2.58. The average molecular weight is 349 g/mol. The Kier molecular flexibility index (Phi) is 4.26. The summed E-state index contributed by atoms with van der Waals surface area (Å²) in [4.78, 5) is 12.5. The zero-order valence-electron chi connectivity index (χ0n) is 12.9. The smallest absolute Gasteiger partial charge is 0.449 e. The highest BCUT2D eigenvalue weighted by molar-refractivity contribution is 6.12. The van der Waals surface area contributed by atoms with Crippen molar-refractivity contribution in [3.05, 3.63) is 77.5 Å². The molecule has 0 saturated heterocycles. The molecule has 0 unspecified atom stereocenters. The first-order valence-corrected chi connectivity index (χ1v) is 7.43. The number of carbonyl (C=O) groups excluding carboxylic acids is 1. The molecule has 0 aromatic heterocycles. The van der Waals surface area contributed by atoms with Crippen LogP contribution in [0.2, 0.25) is 0 Å². The van der Waals surface area contributed by atoms with Gasteiger partial charge < -0.3 is 15.2 Å². The van der Waals surface area contributed by atoms with Crippen molar-refractivity contribution in [3.8, 4) is 5.75 Å². The third-order valence-corrected chi connectivity index (χ3v) is 3.78. The fraction of sp³-hybridized carbons (Fsp3) is 0.167. The lowest BCUT2D eigenvalue weighted by atomic mass is 9.92. The Hall–Kier alpha value is -2.80. The molecular formula is C18H14F3NO3. The lowest BCUT2D eigenvalue weighted by Crippen LogP contribution is -2.56. The normalized spacial score (nSPS) is 21.6. The minimum atomic E-state index is -5.18. The number of ether oxygens (including phenoxy) is 1. The van der Waals surface area contributed by atoms with Crippen LogP contribution >= 0.6 is 0 Å². The van der Waals surface area contributed by atoms with Crippen molar-refractivity contribution in [2.45, 2.75) is 18.5 Å². The lowest BCUT2D eigenvalue weighted by Gasteiger charge is -2.36. The van der Waals surface area contributed by atoms with Gasteiger partial charge in [0.1, 0.15) is 5.75 Å². The number of carbonyl (C=O) groups is 1. The summed E-state index contributed by atoms with van der Waals surface area (Å²) in [5.74, 6) is -4.96. The molecule has 1 atom stereocenters. The van der Waals surface area contributed by atoms with Crippen LogP contribution in [0.15, 0.2) is 66.4 Å². The van der Waals surface area contributed by atoms with Crippen LogP contribution in [0.4, 0.5) is 13.2 Å². The molecule has 0 saturated carbocycles. The molecule has 2 N–H and O–H groups in total. The van der Waals surface area contributed by atoms with Gasteiger partial charge in [0.25, 0.3) is 0 Å². The van der Waals surface area contributed by atoms with Gasteiger partial charge in [-0.1, -0.05) is 42.5 Å². The Morgan fingerprint density at radius 3 is 2.40 bits per heavy atom. The summed E-state index contributed by atoms with van der Waals surface area (Å²) in [7, 11) is 0. The van der Waals surface area contributed by atoms with E-state index in [1.807, 2.05) is 0 Å². The number of nitrogens with one attached hydrogen (secondary N) is 1. The quantitative estimate of drug-likeness (QED) is 0.836. The number of benzene rings is 2. The second-order valence-corrected chi connectivity index (χ2v) is 5.49. The summed E-state index contributed by atoms with van der Waals surface area (Å²) in [5, 5.41) is 12.7. The molecule has 1 aliphatic rings. The summed E-state index contributed by atoms with van der Waals surface area (Å²) in [5.41, 5.74) is -0.140. The second kappa shape index (κ2) is 6.25. The minimum Gasteiger partial charge on any atom is -0.449 e. The summed E-state index contributed by atoms with van der Waals surface area (Å²) in [6.07, 6.45) is -4.32. The van der Waals surface area contributed by atoms with E-state index in [2.05, 4.69) is 5.32 Å². The molecule has 25 heavy (non-hydrogen) atoms. The topological polar surface area (TPSA) is 58.6 Å². The van der Waals surface area contributed by atoms with E-state index in [0.717, 1.165) is 11.8 Å². The first-order valence-electron chi connectivity index (χ1n) is 7.43. The summed E-state index contributed by atoms with van der Waals surface area (Å²) in [6.45, 7) is 0.188. The summed E-state index contributed by atoms with van der Waals surface area (Å²) in [6, 6.07) is 14.4. The third kappa shape index (κ3) is 3.10. The summed E-state index contributed by atoms with van der Waals surface area (Å²) < 4.78 is 45.0. The summed E-state index contributed by atoms with van der Waals surface area (Å²) >= 11 is 0. The molecule has 3 rings (SSSR count). The molecule has 1 heterocycles. The van der Waals surface area contributed by atoms with Gasteiger partial charge in [-0.3, -0.25) is 4.79 Å². The van der Waals surface area contributed by atoms with E-state index in [0.29, 0.717) is 0 Å². The molecule has 130 valence electrons. The first-order chi connectivity index (χ1) is 11.8. The van der Waals surface area contributed by atoms with Crippen LogP contribution in [0.25, 0.3) is 0 Å². The van der Waals surface area contributed by atoms with Gasteiger partial charge in [-0.15, -0.1) is 0 Å². The van der Waals surface area contributed by atoms with Crippen molar-refractivity contribution >= 4 is 5.78 Å². The molecule has 2 aromatic rings. The van der Waals surface area contributed by atoms with Gasteiger partial charge in [-0.25, -0.2) is 0 Å². The van der Waals surface area contributed by atoms with E-state index in [1.54, 1.807) is 30.3 Å². The van der Waals surface area contributed by atoms with Gasteiger partial charge in [0.05, 0.1) is 11.1 Å². The van der Waals surface area contributed by atoms with E-state index < -0.39 is 23.3 Å². The Balaban J connectivity index is 1.96. The fourth-order valence-corrected chi connectivity index (χ4v) is 2.50. The number of aliphatic hydroxyl groups is 1. The molecule has 4 nitrogen and oxygen atoms in total. The number of hydrogen-bond acceptors (Lipinski definition) is 4. The van der Waals surface area contributed by atoms with E-state index in [4.69, 9.17) is 4.74 Å². The minimum absolute atomic E-state index is 0.0378. The number of hydrogen-bond donors (Lipinski definition) is 2. The van der Waals surface area contributed by atoms with E-state index in [-0.39, 0.29) is 17.9 Å². The fourth-order valence-electron chi connectivity index (χ4n) is 2.50. The van der Waals surface area contributed by atoms with Crippen LogP contribution in [0.1, 0.15) is 15.9 Å². The molecule has 0 bridgehead atoms. The number of Topliss-reactive ketones (excluding diaryl/α,β-unsaturated/α-hetero) is 1. The number of alkyl halides is 3. The van der Waals surface area contributed by atoms with Gasteiger partial charge in [0, 0.05) is 12.7 Å². The number of rotatable bonds is 3. The standard InChI is InChI=1S/C18H14F3NO3/c19-18(20,21)17(24)14(11-22-10-12-6-2-1-3-7-12)16(23)13-8-4-5-9-15(13)25-17/h1-9,11,22,24H,10H2/b14-11+/t17-/m1/s1. The van der Waals surface area contributed by atoms with Gasteiger partial charge in [0.15, 0.2) is 0 Å². The predicted octanol–water partition coefficient (Wildman–Crippen LogP) is 3.19. The Morgan fingerprint density at radius 1 is 1.08 bits per heavy atom. The molecule has 0 amide bonds. The van der Waals surface area contributed by atoms with E-state index in [9.17, 15) is 23.1 Å². The van der Waals surface area contributed by atoms with Crippen molar-refractivity contribution in [1.29, 1.82) is 0 Å². The molecule has 7 heteroatoms. The zero-order valence-corrected chi connectivity index (χ0v) is 12.9. The highest BCUT2D eigenvalue weighted by Crippen LogP contribution is 2.44. The highest BCUT2D eigenvalue weighted by Gasteiger charge is 2.63. The molecular weight excluding hydrogens is 335 g/mol. The molecule has 0 spiro atoms. The van der Waals surface area contributed by atoms with Crippen LogP contribution in [-0.4, -0.2) is 22.9 Å². The van der Waals surface area contributed by atoms with Crippen molar-refractivity contribution < 1.29 is 27.8 Å². The monoisotopic (exact) mass is 349 g/mol. The largest absolute Gasteiger partial charge is 0.460 e. The number of halogens is 3. The van der Waals surface area contributed by atoms with Gasteiger partial charge in [-0.2, -0.15) is 13.2 Å². The van der Waals surface area contributed by atoms with Crippen molar-refractivity contribution in [2.75, 3.05) is 0 Å². The predicted molar refractivity (Wildman–Crippen MR) is 83.8 cm³/mol. The lowest BCUT2D eigenvalue weighted by molar-refractivity contribution is -0.315. The van der Waals surface area contributed by atoms with Crippen molar-refractivity contribution in [3.63, 3.8) is 0 Å². The Labute approximate surface area is 141 Å². The maximum Gasteiger partial charge on any atom is 0.460 e. The first kappa shape index (κ1) is 17.0. The van der Waals surface area contributed by atoms with Crippen LogP contribution < -0.4 is 10.1 Å². The molecule has 0 radical (unpaired) electrons. The third-order valence-electron chi connectivity index (χ3n) is 3.78. The van der Waals surface area contributed by atoms with E-state index >= 15 is 0 Å². The van der Waals surface area contributed by atoms with Gasteiger partial charge >= 0.3 is 12.0 Å². The maximum atomic E-state index is 13.4. The van der Waals surface area contributed by atoms with Crippen LogP contribution in [0.3, 0.4) is 0 Å². The van der Waals surface area contributed by atoms with Crippen molar-refractivity contribution in [1.82, 2.24) is 5.32 Å². The van der Waals surface area contributed by atoms with Gasteiger partial charge in [-0.05, 0) is 17.7 Å². The maximum absolute atomic E-state index is 13.4. The Morgan fingerprint density at radius 2 is 1.72 bits per heavy atom. The molecule has 0 fully saturated rings. The number of para-hydroxylation sites is 1. The second-order valence-electron chi connectivity index (χ2n) is 5.49. The van der Waals surface area contributed by atoms with Crippen LogP contribution in [0.5, 0.6) is 5.75 Å². The molecule has 1 aliphatic heterocycles. The SMILES string of the molecule is O=C1/C(=C\NCc2ccccc2)[C@](O)(C(F)(F)F)Oc2ccccc21. The molecule has 0 aliphatic carbocycles. The van der Waals surface area contributed by atoms with Crippen LogP contribution in [-0.2, 0) is 6.54 Å². The Bertz CT molecular complexity index is 818.